The SMILES string of the molecule is CCC(NC(=O)C1(C)CCNCC1)C1CCCCC1. The molecule has 1 aliphatic carbocycles. The maximum absolute atomic E-state index is 12.6. The van der Waals surface area contributed by atoms with Crippen LogP contribution >= 0.6 is 0 Å². The second-order valence-electron chi connectivity index (χ2n) is 6.70. The molecule has 1 saturated carbocycles. The topological polar surface area (TPSA) is 41.1 Å². The molecule has 1 saturated heterocycles. The van der Waals surface area contributed by atoms with Gasteiger partial charge in [-0.1, -0.05) is 33.1 Å². The summed E-state index contributed by atoms with van der Waals surface area (Å²) in [6.07, 6.45) is 9.69. The summed E-state index contributed by atoms with van der Waals surface area (Å²) in [5.74, 6) is 1.01. The molecule has 0 spiro atoms. The van der Waals surface area contributed by atoms with Gasteiger partial charge in [0.1, 0.15) is 0 Å². The molecule has 1 atom stereocenters. The smallest absolute Gasteiger partial charge is 0.226 e. The number of rotatable bonds is 4. The minimum atomic E-state index is -0.145. The molecule has 0 bridgehead atoms. The van der Waals surface area contributed by atoms with Crippen molar-refractivity contribution in [1.82, 2.24) is 10.6 Å². The summed E-state index contributed by atoms with van der Waals surface area (Å²) < 4.78 is 0. The Balaban J connectivity index is 1.91. The summed E-state index contributed by atoms with van der Waals surface area (Å²) in [5.41, 5.74) is -0.145. The highest BCUT2D eigenvalue weighted by molar-refractivity contribution is 5.82. The van der Waals surface area contributed by atoms with E-state index in [2.05, 4.69) is 24.5 Å². The van der Waals surface area contributed by atoms with E-state index in [1.54, 1.807) is 0 Å². The highest BCUT2D eigenvalue weighted by Crippen LogP contribution is 2.31. The van der Waals surface area contributed by atoms with Crippen LogP contribution in [-0.4, -0.2) is 25.0 Å². The summed E-state index contributed by atoms with van der Waals surface area (Å²) in [4.78, 5) is 12.6. The van der Waals surface area contributed by atoms with Crippen LogP contribution in [0, 0.1) is 11.3 Å². The number of hydrogen-bond acceptors (Lipinski definition) is 2. The van der Waals surface area contributed by atoms with E-state index in [0.717, 1.165) is 32.4 Å². The average Bonchev–Trinajstić information content (AvgIpc) is 2.46. The van der Waals surface area contributed by atoms with Crippen LogP contribution in [0.4, 0.5) is 0 Å². The zero-order chi connectivity index (χ0) is 13.7. The standard InChI is InChI=1S/C16H30N2O/c1-3-14(13-7-5-4-6-8-13)18-15(19)16(2)9-11-17-12-10-16/h13-14,17H,3-12H2,1-2H3,(H,18,19). The van der Waals surface area contributed by atoms with Gasteiger partial charge < -0.3 is 10.6 Å². The van der Waals surface area contributed by atoms with Crippen LogP contribution in [0.2, 0.25) is 0 Å². The Labute approximate surface area is 117 Å². The van der Waals surface area contributed by atoms with Gasteiger partial charge in [-0.05, 0) is 51.1 Å². The van der Waals surface area contributed by atoms with Crippen molar-refractivity contribution in [1.29, 1.82) is 0 Å². The van der Waals surface area contributed by atoms with E-state index in [4.69, 9.17) is 0 Å². The largest absolute Gasteiger partial charge is 0.353 e. The molecule has 19 heavy (non-hydrogen) atoms. The van der Waals surface area contributed by atoms with Crippen LogP contribution in [-0.2, 0) is 4.79 Å². The molecule has 1 aliphatic heterocycles. The first kappa shape index (κ1) is 14.8. The van der Waals surface area contributed by atoms with Crippen molar-refractivity contribution < 1.29 is 4.79 Å². The van der Waals surface area contributed by atoms with Crippen molar-refractivity contribution in [3.05, 3.63) is 0 Å². The molecule has 1 unspecified atom stereocenters. The van der Waals surface area contributed by atoms with Gasteiger partial charge in [0.05, 0.1) is 0 Å². The van der Waals surface area contributed by atoms with Gasteiger partial charge in [-0.3, -0.25) is 4.79 Å². The summed E-state index contributed by atoms with van der Waals surface area (Å²) >= 11 is 0. The average molecular weight is 266 g/mol. The van der Waals surface area contributed by atoms with E-state index in [-0.39, 0.29) is 5.41 Å². The molecule has 3 nitrogen and oxygen atoms in total. The first-order valence-electron chi connectivity index (χ1n) is 8.17. The third-order valence-electron chi connectivity index (χ3n) is 5.23. The normalized spacial score (nSPS) is 25.8. The quantitative estimate of drug-likeness (QED) is 0.821. The monoisotopic (exact) mass is 266 g/mol. The van der Waals surface area contributed by atoms with E-state index in [9.17, 15) is 4.79 Å². The second-order valence-corrected chi connectivity index (χ2v) is 6.70. The van der Waals surface area contributed by atoms with Gasteiger partial charge in [-0.2, -0.15) is 0 Å². The maximum atomic E-state index is 12.6. The van der Waals surface area contributed by atoms with Crippen molar-refractivity contribution in [2.24, 2.45) is 11.3 Å². The maximum Gasteiger partial charge on any atom is 0.226 e. The van der Waals surface area contributed by atoms with Gasteiger partial charge in [0.25, 0.3) is 0 Å². The van der Waals surface area contributed by atoms with E-state index in [0.29, 0.717) is 17.9 Å². The summed E-state index contributed by atoms with van der Waals surface area (Å²) in [7, 11) is 0. The molecule has 0 aromatic carbocycles. The number of carbonyl (C=O) groups excluding carboxylic acids is 1. The van der Waals surface area contributed by atoms with Gasteiger partial charge in [0.2, 0.25) is 5.91 Å². The van der Waals surface area contributed by atoms with Gasteiger partial charge in [0, 0.05) is 11.5 Å². The lowest BCUT2D eigenvalue weighted by molar-refractivity contribution is -0.132. The Bertz CT molecular complexity index is 291. The Morgan fingerprint density at radius 2 is 1.89 bits per heavy atom. The highest BCUT2D eigenvalue weighted by Gasteiger charge is 2.36. The molecule has 2 rings (SSSR count). The molecule has 0 aromatic heterocycles. The molecule has 110 valence electrons. The summed E-state index contributed by atoms with van der Waals surface area (Å²) in [5, 5.41) is 6.73. The number of carbonyl (C=O) groups is 1. The predicted octanol–water partition coefficient (Wildman–Crippen LogP) is 2.85. The fraction of sp³-hybridized carbons (Fsp3) is 0.938. The molecule has 2 aliphatic rings. The summed E-state index contributed by atoms with van der Waals surface area (Å²) in [6.45, 7) is 6.30. The molecular formula is C16H30N2O. The van der Waals surface area contributed by atoms with E-state index in [1.807, 2.05) is 0 Å². The zero-order valence-electron chi connectivity index (χ0n) is 12.6. The van der Waals surface area contributed by atoms with Crippen LogP contribution in [0.1, 0.15) is 65.2 Å². The Hall–Kier alpha value is -0.570. The number of hydrogen-bond donors (Lipinski definition) is 2. The lowest BCUT2D eigenvalue weighted by atomic mass is 9.78. The highest BCUT2D eigenvalue weighted by atomic mass is 16.2. The van der Waals surface area contributed by atoms with Crippen LogP contribution in [0.25, 0.3) is 0 Å². The minimum absolute atomic E-state index is 0.145. The number of amides is 1. The fourth-order valence-electron chi connectivity index (χ4n) is 3.64. The molecule has 2 N–H and O–H groups in total. The molecular weight excluding hydrogens is 236 g/mol. The van der Waals surface area contributed by atoms with E-state index in [1.165, 1.54) is 32.1 Å². The Kier molecular flexibility index (Phi) is 5.26. The zero-order valence-corrected chi connectivity index (χ0v) is 12.6. The Morgan fingerprint density at radius 1 is 1.26 bits per heavy atom. The van der Waals surface area contributed by atoms with Gasteiger partial charge in [0.15, 0.2) is 0 Å². The van der Waals surface area contributed by atoms with E-state index < -0.39 is 0 Å². The first-order chi connectivity index (χ1) is 9.15. The second kappa shape index (κ2) is 6.74. The third kappa shape index (κ3) is 3.71. The summed E-state index contributed by atoms with van der Waals surface area (Å²) in [6, 6.07) is 0.402. The van der Waals surface area contributed by atoms with Crippen molar-refractivity contribution in [3.8, 4) is 0 Å². The van der Waals surface area contributed by atoms with Crippen molar-refractivity contribution in [2.45, 2.75) is 71.3 Å². The van der Waals surface area contributed by atoms with E-state index >= 15 is 0 Å². The lowest BCUT2D eigenvalue weighted by Crippen LogP contribution is -2.50. The molecule has 1 heterocycles. The molecule has 1 amide bonds. The van der Waals surface area contributed by atoms with Crippen molar-refractivity contribution in [2.75, 3.05) is 13.1 Å². The molecule has 0 aromatic rings. The molecule has 0 radical (unpaired) electrons. The first-order valence-corrected chi connectivity index (χ1v) is 8.17. The Morgan fingerprint density at radius 3 is 2.47 bits per heavy atom. The van der Waals surface area contributed by atoms with Crippen LogP contribution in [0.15, 0.2) is 0 Å². The van der Waals surface area contributed by atoms with Crippen molar-refractivity contribution in [3.63, 3.8) is 0 Å². The number of piperidine rings is 1. The van der Waals surface area contributed by atoms with Crippen LogP contribution in [0.5, 0.6) is 0 Å². The van der Waals surface area contributed by atoms with Crippen LogP contribution < -0.4 is 10.6 Å². The van der Waals surface area contributed by atoms with Gasteiger partial charge in [-0.15, -0.1) is 0 Å². The molecule has 2 fully saturated rings. The predicted molar refractivity (Wildman–Crippen MR) is 79.0 cm³/mol. The fourth-order valence-corrected chi connectivity index (χ4v) is 3.64. The van der Waals surface area contributed by atoms with Crippen molar-refractivity contribution >= 4 is 5.91 Å². The van der Waals surface area contributed by atoms with Crippen LogP contribution in [0.3, 0.4) is 0 Å². The third-order valence-corrected chi connectivity index (χ3v) is 5.23. The lowest BCUT2D eigenvalue weighted by Gasteiger charge is -2.36. The van der Waals surface area contributed by atoms with Gasteiger partial charge in [-0.25, -0.2) is 0 Å². The molecule has 3 heteroatoms. The minimum Gasteiger partial charge on any atom is -0.353 e. The van der Waals surface area contributed by atoms with Gasteiger partial charge >= 0.3 is 0 Å². The number of nitrogens with one attached hydrogen (secondary N) is 2.